The van der Waals surface area contributed by atoms with Gasteiger partial charge in [-0.25, -0.2) is 14.3 Å². The van der Waals surface area contributed by atoms with Gasteiger partial charge in [0, 0.05) is 34.8 Å². The average molecular weight is 518 g/mol. The summed E-state index contributed by atoms with van der Waals surface area (Å²) in [6.07, 6.45) is -3.05. The summed E-state index contributed by atoms with van der Waals surface area (Å²) in [4.78, 5) is 28.6. The van der Waals surface area contributed by atoms with Crippen molar-refractivity contribution in [1.82, 2.24) is 14.6 Å². The van der Waals surface area contributed by atoms with E-state index in [2.05, 4.69) is 10.1 Å². The van der Waals surface area contributed by atoms with Crippen molar-refractivity contribution in [3.8, 4) is 22.4 Å². The average Bonchev–Trinajstić information content (AvgIpc) is 3.21. The molecule has 0 amide bonds. The second-order valence-corrected chi connectivity index (χ2v) is 8.04. The fraction of sp³-hybridized carbons (Fsp3) is 0.200. The minimum absolute atomic E-state index is 0.0167. The van der Waals surface area contributed by atoms with Crippen molar-refractivity contribution < 1.29 is 32.2 Å². The van der Waals surface area contributed by atoms with E-state index in [1.807, 2.05) is 0 Å². The van der Waals surface area contributed by atoms with Crippen LogP contribution >= 0.6 is 11.6 Å². The van der Waals surface area contributed by atoms with Crippen molar-refractivity contribution >= 4 is 29.2 Å². The summed E-state index contributed by atoms with van der Waals surface area (Å²) in [7, 11) is 0. The van der Waals surface area contributed by atoms with Gasteiger partial charge in [0.05, 0.1) is 17.9 Å². The molecule has 0 aliphatic heterocycles. The van der Waals surface area contributed by atoms with E-state index in [1.54, 1.807) is 31.2 Å². The maximum atomic E-state index is 13.2. The highest BCUT2D eigenvalue weighted by Crippen LogP contribution is 2.38. The Labute approximate surface area is 208 Å². The standard InChI is InChI=1S/C25H19ClF3N3O4/c1-3-35-24(34)21-20(13-36-14(2)33)31-32-22(15-8-10-16(11-9-15)25(27,28)29)18(12-30-23(21)32)17-6-4-5-7-19(17)26/h4-12H,3,13H2,1-2H3. The van der Waals surface area contributed by atoms with Gasteiger partial charge in [-0.05, 0) is 25.1 Å². The molecular formula is C25H19ClF3N3O4. The first-order valence-electron chi connectivity index (χ1n) is 10.8. The molecule has 0 saturated heterocycles. The van der Waals surface area contributed by atoms with Gasteiger partial charge >= 0.3 is 18.1 Å². The SMILES string of the molecule is CCOC(=O)c1c(COC(C)=O)nn2c(-c3ccc(C(F)(F)F)cc3)c(-c3ccccc3Cl)cnc12. The molecule has 0 spiro atoms. The second kappa shape index (κ2) is 9.98. The van der Waals surface area contributed by atoms with Crippen LogP contribution in [0, 0.1) is 0 Å². The van der Waals surface area contributed by atoms with Crippen LogP contribution in [0.1, 0.15) is 35.5 Å². The Hall–Kier alpha value is -3.92. The van der Waals surface area contributed by atoms with Crippen molar-refractivity contribution in [2.75, 3.05) is 6.61 Å². The number of nitrogens with zero attached hydrogens (tertiary/aromatic N) is 3. The zero-order valence-corrected chi connectivity index (χ0v) is 19.9. The van der Waals surface area contributed by atoms with E-state index in [-0.39, 0.29) is 30.1 Å². The fourth-order valence-electron chi connectivity index (χ4n) is 3.68. The van der Waals surface area contributed by atoms with Gasteiger partial charge in [-0.2, -0.15) is 18.3 Å². The predicted molar refractivity (Wildman–Crippen MR) is 125 cm³/mol. The first-order valence-corrected chi connectivity index (χ1v) is 11.1. The van der Waals surface area contributed by atoms with Gasteiger partial charge in [0.1, 0.15) is 17.9 Å². The number of hydrogen-bond donors (Lipinski definition) is 0. The molecule has 4 aromatic rings. The summed E-state index contributed by atoms with van der Waals surface area (Å²) in [5, 5.41) is 4.84. The number of ether oxygens (including phenoxy) is 2. The van der Waals surface area contributed by atoms with Gasteiger partial charge in [0.2, 0.25) is 0 Å². The van der Waals surface area contributed by atoms with Crippen molar-refractivity contribution in [2.45, 2.75) is 26.6 Å². The van der Waals surface area contributed by atoms with Crippen LogP contribution in [0.5, 0.6) is 0 Å². The summed E-state index contributed by atoms with van der Waals surface area (Å²) in [6, 6.07) is 11.4. The topological polar surface area (TPSA) is 82.8 Å². The molecule has 11 heteroatoms. The number of alkyl halides is 3. The van der Waals surface area contributed by atoms with Crippen LogP contribution in [0.15, 0.2) is 54.7 Å². The smallest absolute Gasteiger partial charge is 0.416 e. The molecule has 7 nitrogen and oxygen atoms in total. The predicted octanol–water partition coefficient (Wildman–Crippen LogP) is 5.98. The number of carbonyl (C=O) groups excluding carboxylic acids is 2. The van der Waals surface area contributed by atoms with Crippen molar-refractivity contribution in [3.63, 3.8) is 0 Å². The molecule has 0 bridgehead atoms. The molecule has 2 aromatic carbocycles. The number of hydrogen-bond acceptors (Lipinski definition) is 6. The van der Waals surface area contributed by atoms with Crippen LogP contribution in [0.3, 0.4) is 0 Å². The van der Waals surface area contributed by atoms with E-state index in [1.165, 1.54) is 29.8 Å². The van der Waals surface area contributed by atoms with Crippen LogP contribution in [-0.2, 0) is 27.1 Å². The van der Waals surface area contributed by atoms with E-state index >= 15 is 0 Å². The molecule has 0 N–H and O–H groups in total. The van der Waals surface area contributed by atoms with Gasteiger partial charge in [-0.15, -0.1) is 0 Å². The quantitative estimate of drug-likeness (QED) is 0.293. The van der Waals surface area contributed by atoms with Crippen molar-refractivity contribution in [3.05, 3.63) is 76.6 Å². The number of carbonyl (C=O) groups is 2. The lowest BCUT2D eigenvalue weighted by Crippen LogP contribution is -2.09. The number of fused-ring (bicyclic) bond motifs is 1. The van der Waals surface area contributed by atoms with Gasteiger partial charge in [-0.1, -0.05) is 41.9 Å². The molecule has 0 saturated carbocycles. The van der Waals surface area contributed by atoms with Gasteiger partial charge in [-0.3, -0.25) is 4.79 Å². The van der Waals surface area contributed by atoms with Crippen LogP contribution in [0.4, 0.5) is 13.2 Å². The van der Waals surface area contributed by atoms with E-state index in [4.69, 9.17) is 21.1 Å². The second-order valence-electron chi connectivity index (χ2n) is 7.63. The van der Waals surface area contributed by atoms with Crippen molar-refractivity contribution in [2.24, 2.45) is 0 Å². The highest BCUT2D eigenvalue weighted by atomic mass is 35.5. The lowest BCUT2D eigenvalue weighted by molar-refractivity contribution is -0.142. The first kappa shape index (κ1) is 25.2. The molecular weight excluding hydrogens is 499 g/mol. The molecule has 0 aliphatic carbocycles. The van der Waals surface area contributed by atoms with Crippen LogP contribution in [0.2, 0.25) is 5.02 Å². The Morgan fingerprint density at radius 3 is 2.33 bits per heavy atom. The Bertz CT molecular complexity index is 1450. The van der Waals surface area contributed by atoms with Gasteiger partial charge < -0.3 is 9.47 Å². The van der Waals surface area contributed by atoms with E-state index in [9.17, 15) is 22.8 Å². The minimum atomic E-state index is -4.52. The number of rotatable bonds is 6. The third-order valence-corrected chi connectivity index (χ3v) is 5.59. The largest absolute Gasteiger partial charge is 0.462 e. The number of benzene rings is 2. The van der Waals surface area contributed by atoms with Crippen LogP contribution in [-0.4, -0.2) is 33.1 Å². The molecule has 36 heavy (non-hydrogen) atoms. The van der Waals surface area contributed by atoms with E-state index in [0.717, 1.165) is 12.1 Å². The molecule has 0 radical (unpaired) electrons. The lowest BCUT2D eigenvalue weighted by atomic mass is 9.99. The number of esters is 2. The van der Waals surface area contributed by atoms with Gasteiger partial charge in [0.25, 0.3) is 0 Å². The molecule has 0 unspecified atom stereocenters. The maximum absolute atomic E-state index is 13.2. The Morgan fingerprint density at radius 1 is 1.03 bits per heavy atom. The third-order valence-electron chi connectivity index (χ3n) is 5.26. The first-order chi connectivity index (χ1) is 17.1. The Kier molecular flexibility index (Phi) is 6.98. The van der Waals surface area contributed by atoms with Crippen LogP contribution in [0.25, 0.3) is 28.0 Å². The van der Waals surface area contributed by atoms with Crippen LogP contribution < -0.4 is 0 Å². The Balaban J connectivity index is 2.03. The van der Waals surface area contributed by atoms with E-state index in [0.29, 0.717) is 27.4 Å². The number of halogens is 4. The summed E-state index contributed by atoms with van der Waals surface area (Å²) >= 11 is 6.43. The van der Waals surface area contributed by atoms with Crippen molar-refractivity contribution in [1.29, 1.82) is 0 Å². The van der Waals surface area contributed by atoms with E-state index < -0.39 is 23.7 Å². The fourth-order valence-corrected chi connectivity index (χ4v) is 3.92. The molecule has 186 valence electrons. The zero-order valence-electron chi connectivity index (χ0n) is 19.1. The normalized spacial score (nSPS) is 11.5. The molecule has 2 aromatic heterocycles. The Morgan fingerprint density at radius 2 is 1.72 bits per heavy atom. The minimum Gasteiger partial charge on any atom is -0.462 e. The highest BCUT2D eigenvalue weighted by Gasteiger charge is 2.31. The molecule has 4 rings (SSSR count). The maximum Gasteiger partial charge on any atom is 0.416 e. The molecule has 0 atom stereocenters. The zero-order chi connectivity index (χ0) is 26.0. The summed E-state index contributed by atoms with van der Waals surface area (Å²) in [6.45, 7) is 2.58. The summed E-state index contributed by atoms with van der Waals surface area (Å²) < 4.78 is 51.2. The van der Waals surface area contributed by atoms with Gasteiger partial charge in [0.15, 0.2) is 5.65 Å². The summed E-state index contributed by atoms with van der Waals surface area (Å²) in [5.41, 5.74) is 1.05. The third kappa shape index (κ3) is 4.90. The summed E-state index contributed by atoms with van der Waals surface area (Å²) in [5.74, 6) is -1.32. The molecule has 0 fully saturated rings. The monoisotopic (exact) mass is 517 g/mol. The molecule has 0 aliphatic rings. The highest BCUT2D eigenvalue weighted by molar-refractivity contribution is 6.33. The number of aromatic nitrogens is 3. The molecule has 2 heterocycles. The lowest BCUT2D eigenvalue weighted by Gasteiger charge is -2.14.